The minimum absolute atomic E-state index is 0.308. The standard InChI is InChI=1S/C67H76N2O6S2/c1-5-9-13-17-41-72-58-37-27-51(28-38-58)49-21-31-55(32-22-49)69(56-33-23-50(24-34-56)52-29-39-59(40-30-52)73-42-18-14-10-6-2)57-35-25-53(26-36-57)63-47-62-65(77-63)64-61(46-60(76-64)45-54(48-68)66(70)71)67(62,74-43-19-15-11-7-3)75-44-20-16-12-8-4/h21-40,45-47H,5-20,41-44H2,1-4H3,(H,70,71)/b54-45-. The first-order chi connectivity index (χ1) is 37.8. The smallest absolute Gasteiger partial charge is 0.346 e. The number of ether oxygens (including phenoxy) is 4. The van der Waals surface area contributed by atoms with Crippen molar-refractivity contribution in [2.75, 3.05) is 31.3 Å². The summed E-state index contributed by atoms with van der Waals surface area (Å²) in [6.07, 6.45) is 19.3. The molecular formula is C67H76N2O6S2. The third kappa shape index (κ3) is 14.6. The number of aliphatic carboxylic acids is 1. The number of hydrogen-bond donors (Lipinski definition) is 1. The molecular weight excluding hydrogens is 993 g/mol. The van der Waals surface area contributed by atoms with Crippen molar-refractivity contribution in [2.24, 2.45) is 0 Å². The van der Waals surface area contributed by atoms with Gasteiger partial charge in [0.25, 0.3) is 0 Å². The van der Waals surface area contributed by atoms with E-state index in [1.165, 1.54) is 55.9 Å². The van der Waals surface area contributed by atoms with Crippen LogP contribution in [0.5, 0.6) is 11.5 Å². The van der Waals surface area contributed by atoms with Crippen LogP contribution in [0.25, 0.3) is 48.5 Å². The maximum Gasteiger partial charge on any atom is 0.346 e. The number of carboxylic acid groups (broad SMARTS) is 1. The molecule has 77 heavy (non-hydrogen) atoms. The van der Waals surface area contributed by atoms with Gasteiger partial charge in [0.15, 0.2) is 0 Å². The molecule has 0 bridgehead atoms. The predicted octanol–water partition coefficient (Wildman–Crippen LogP) is 19.6. The second-order valence-electron chi connectivity index (χ2n) is 20.0. The molecule has 0 fully saturated rings. The molecule has 10 heteroatoms. The van der Waals surface area contributed by atoms with Gasteiger partial charge in [0.2, 0.25) is 5.79 Å². The molecule has 0 aliphatic heterocycles. The zero-order valence-corrected chi connectivity index (χ0v) is 47.3. The Morgan fingerprint density at radius 3 is 1.29 bits per heavy atom. The molecule has 0 saturated heterocycles. The Balaban J connectivity index is 1.11. The highest BCUT2D eigenvalue weighted by Gasteiger charge is 2.49. The van der Waals surface area contributed by atoms with Gasteiger partial charge >= 0.3 is 5.97 Å². The van der Waals surface area contributed by atoms with Crippen LogP contribution < -0.4 is 14.4 Å². The molecule has 0 radical (unpaired) electrons. The molecule has 2 aromatic heterocycles. The lowest BCUT2D eigenvalue weighted by Gasteiger charge is -2.31. The molecule has 5 aromatic carbocycles. The summed E-state index contributed by atoms with van der Waals surface area (Å²) in [5.41, 5.74) is 10.2. The summed E-state index contributed by atoms with van der Waals surface area (Å²) in [5.74, 6) is -0.603. The number of carbonyl (C=O) groups is 1. The highest BCUT2D eigenvalue weighted by atomic mass is 32.1. The number of rotatable bonds is 32. The van der Waals surface area contributed by atoms with Crippen LogP contribution in [-0.4, -0.2) is 37.5 Å². The van der Waals surface area contributed by atoms with E-state index in [1.54, 1.807) is 11.3 Å². The molecule has 402 valence electrons. The fourth-order valence-electron chi connectivity index (χ4n) is 9.86. The Morgan fingerprint density at radius 2 is 0.883 bits per heavy atom. The summed E-state index contributed by atoms with van der Waals surface area (Å²) in [6.45, 7) is 11.4. The molecule has 0 saturated carbocycles. The topological polar surface area (TPSA) is 101 Å². The lowest BCUT2D eigenvalue weighted by molar-refractivity contribution is -0.216. The first-order valence-electron chi connectivity index (χ1n) is 28.3. The SMILES string of the molecule is CCCCCCOc1ccc(-c2ccc(N(c3ccc(-c4ccc(OCCCCCC)cc4)cc3)c3ccc(-c4cc5c(s4)-c4sc(/C=C(/C#N)C(=O)O)cc4C5(OCCCCCC)OCCCCCC)cc3)cc2)cc1. The molecule has 1 aliphatic rings. The van der Waals surface area contributed by atoms with Crippen LogP contribution in [0.3, 0.4) is 0 Å². The Labute approximate surface area is 466 Å². The molecule has 0 atom stereocenters. The summed E-state index contributed by atoms with van der Waals surface area (Å²) in [6, 6.07) is 49.2. The summed E-state index contributed by atoms with van der Waals surface area (Å²) < 4.78 is 26.1. The number of hydrogen-bond acceptors (Lipinski definition) is 9. The average Bonchev–Trinajstić information content (AvgIpc) is 4.27. The van der Waals surface area contributed by atoms with E-state index >= 15 is 0 Å². The molecule has 8 rings (SSSR count). The number of unbranched alkanes of at least 4 members (excludes halogenated alkanes) is 12. The number of anilines is 3. The second kappa shape index (κ2) is 28.8. The van der Waals surface area contributed by atoms with E-state index in [0.717, 1.165) is 160 Å². The fraction of sp³-hybridized carbons (Fsp3) is 0.373. The normalized spacial score (nSPS) is 12.5. The van der Waals surface area contributed by atoms with Crippen molar-refractivity contribution in [1.29, 1.82) is 5.26 Å². The first-order valence-corrected chi connectivity index (χ1v) is 29.9. The van der Waals surface area contributed by atoms with E-state index in [4.69, 9.17) is 18.9 Å². The predicted molar refractivity (Wildman–Crippen MR) is 320 cm³/mol. The van der Waals surface area contributed by atoms with Crippen LogP contribution in [0, 0.1) is 11.3 Å². The fourth-order valence-corrected chi connectivity index (χ4v) is 12.4. The van der Waals surface area contributed by atoms with Crippen molar-refractivity contribution in [1.82, 2.24) is 0 Å². The quantitative estimate of drug-likeness (QED) is 0.0193. The third-order valence-corrected chi connectivity index (χ3v) is 16.6. The minimum Gasteiger partial charge on any atom is -0.494 e. The van der Waals surface area contributed by atoms with Gasteiger partial charge in [-0.1, -0.05) is 165 Å². The van der Waals surface area contributed by atoms with Crippen LogP contribution in [0.1, 0.15) is 146 Å². The second-order valence-corrected chi connectivity index (χ2v) is 22.1. The van der Waals surface area contributed by atoms with E-state index < -0.39 is 11.8 Å². The number of nitriles is 1. The van der Waals surface area contributed by atoms with Crippen LogP contribution in [0.4, 0.5) is 17.1 Å². The Hall–Kier alpha value is -6.48. The molecule has 1 aliphatic carbocycles. The van der Waals surface area contributed by atoms with Crippen molar-refractivity contribution in [2.45, 2.75) is 136 Å². The zero-order valence-electron chi connectivity index (χ0n) is 45.6. The zero-order chi connectivity index (χ0) is 53.8. The lowest BCUT2D eigenvalue weighted by atomic mass is 10.0. The molecule has 0 spiro atoms. The highest BCUT2D eigenvalue weighted by Crippen LogP contribution is 2.58. The number of carboxylic acids is 1. The number of thiophene rings is 2. The van der Waals surface area contributed by atoms with Gasteiger partial charge in [-0.05, 0) is 132 Å². The monoisotopic (exact) mass is 1070 g/mol. The van der Waals surface area contributed by atoms with Gasteiger partial charge in [-0.3, -0.25) is 0 Å². The largest absolute Gasteiger partial charge is 0.494 e. The molecule has 7 aromatic rings. The van der Waals surface area contributed by atoms with Crippen LogP contribution in [0.15, 0.2) is 139 Å². The highest BCUT2D eigenvalue weighted by molar-refractivity contribution is 7.24. The first kappa shape index (κ1) is 56.7. The van der Waals surface area contributed by atoms with Crippen LogP contribution >= 0.6 is 22.7 Å². The molecule has 2 heterocycles. The van der Waals surface area contributed by atoms with Gasteiger partial charge in [-0.2, -0.15) is 5.26 Å². The van der Waals surface area contributed by atoms with E-state index in [2.05, 4.69) is 160 Å². The maximum atomic E-state index is 12.0. The third-order valence-electron chi connectivity index (χ3n) is 14.2. The van der Waals surface area contributed by atoms with E-state index in [9.17, 15) is 15.2 Å². The van der Waals surface area contributed by atoms with Gasteiger partial charge in [-0.15, -0.1) is 22.7 Å². The van der Waals surface area contributed by atoms with E-state index in [0.29, 0.717) is 18.1 Å². The summed E-state index contributed by atoms with van der Waals surface area (Å²) >= 11 is 3.18. The van der Waals surface area contributed by atoms with Crippen molar-refractivity contribution >= 4 is 51.8 Å². The number of nitrogens with zero attached hydrogens (tertiary/aromatic N) is 2. The van der Waals surface area contributed by atoms with Gasteiger partial charge in [0.05, 0.1) is 36.2 Å². The summed E-state index contributed by atoms with van der Waals surface area (Å²) in [4.78, 5) is 18.1. The molecule has 1 N–H and O–H groups in total. The summed E-state index contributed by atoms with van der Waals surface area (Å²) in [7, 11) is 0. The van der Waals surface area contributed by atoms with Crippen LogP contribution in [-0.2, 0) is 20.1 Å². The Bertz CT molecular complexity index is 2890. The van der Waals surface area contributed by atoms with Gasteiger partial charge in [0.1, 0.15) is 23.1 Å². The van der Waals surface area contributed by atoms with E-state index in [1.807, 2.05) is 12.1 Å². The average molecular weight is 1070 g/mol. The minimum atomic E-state index is -1.25. The molecule has 8 nitrogen and oxygen atoms in total. The van der Waals surface area contributed by atoms with Gasteiger partial charge < -0.3 is 29.0 Å². The van der Waals surface area contributed by atoms with Gasteiger partial charge in [-0.25, -0.2) is 4.79 Å². The van der Waals surface area contributed by atoms with Crippen molar-refractivity contribution in [3.8, 4) is 60.0 Å². The Kier molecular flexibility index (Phi) is 21.2. The lowest BCUT2D eigenvalue weighted by Crippen LogP contribution is -2.33. The molecule has 0 unspecified atom stereocenters. The van der Waals surface area contributed by atoms with Crippen molar-refractivity contribution < 1.29 is 28.8 Å². The van der Waals surface area contributed by atoms with Gasteiger partial charge in [0, 0.05) is 37.9 Å². The Morgan fingerprint density at radius 1 is 0.506 bits per heavy atom. The van der Waals surface area contributed by atoms with E-state index in [-0.39, 0.29) is 5.57 Å². The maximum absolute atomic E-state index is 12.0. The molecule has 0 amide bonds. The van der Waals surface area contributed by atoms with Crippen molar-refractivity contribution in [3.63, 3.8) is 0 Å². The van der Waals surface area contributed by atoms with Crippen molar-refractivity contribution in [3.05, 3.63) is 155 Å². The number of fused-ring (bicyclic) bond motifs is 3. The van der Waals surface area contributed by atoms with Crippen LogP contribution in [0.2, 0.25) is 0 Å². The number of benzene rings is 5. The summed E-state index contributed by atoms with van der Waals surface area (Å²) in [5, 5.41) is 19.5.